The molecule has 0 aromatic carbocycles. The van der Waals surface area contributed by atoms with Crippen molar-refractivity contribution in [1.29, 1.82) is 0 Å². The Labute approximate surface area is 193 Å². The van der Waals surface area contributed by atoms with Gasteiger partial charge < -0.3 is 35.7 Å². The number of hydrogen-bond acceptors (Lipinski definition) is 8. The van der Waals surface area contributed by atoms with E-state index in [1.54, 1.807) is 6.20 Å². The van der Waals surface area contributed by atoms with Crippen LogP contribution in [0.1, 0.15) is 12.6 Å². The third-order valence-corrected chi connectivity index (χ3v) is 4.45. The average molecular weight is 470 g/mol. The zero-order chi connectivity index (χ0) is 24.5. The van der Waals surface area contributed by atoms with Gasteiger partial charge in [-0.05, 0) is 0 Å². The van der Waals surface area contributed by atoms with E-state index in [-0.39, 0.29) is 43.3 Å². The summed E-state index contributed by atoms with van der Waals surface area (Å²) in [6, 6.07) is -0.738. The molecule has 5 N–H and O–H groups in total. The molecule has 33 heavy (non-hydrogen) atoms. The fourth-order valence-corrected chi connectivity index (χ4v) is 2.94. The van der Waals surface area contributed by atoms with Crippen LogP contribution in [-0.2, 0) is 35.1 Å². The fraction of sp³-hybridized carbons (Fsp3) is 0.650. The van der Waals surface area contributed by atoms with Gasteiger partial charge in [0.05, 0.1) is 6.33 Å². The zero-order valence-corrected chi connectivity index (χ0v) is 19.4. The van der Waals surface area contributed by atoms with Crippen LogP contribution in [-0.4, -0.2) is 111 Å². The van der Waals surface area contributed by atoms with E-state index in [0.29, 0.717) is 39.3 Å². The molecule has 1 rings (SSSR count). The molecule has 0 saturated carbocycles. The molecule has 13 nitrogen and oxygen atoms in total. The summed E-state index contributed by atoms with van der Waals surface area (Å²) in [4.78, 5) is 56.1. The highest BCUT2D eigenvalue weighted by atomic mass is 16.5. The van der Waals surface area contributed by atoms with Crippen molar-refractivity contribution >= 4 is 23.6 Å². The molecule has 0 aliphatic heterocycles. The molecule has 1 heterocycles. The summed E-state index contributed by atoms with van der Waals surface area (Å²) in [5.74, 6) is -1.08. The molecular weight excluding hydrogens is 434 g/mol. The smallest absolute Gasteiger partial charge is 0.246 e. The number of amides is 4. The van der Waals surface area contributed by atoms with Gasteiger partial charge in [0.15, 0.2) is 0 Å². The van der Waals surface area contributed by atoms with Crippen molar-refractivity contribution in [3.8, 4) is 0 Å². The van der Waals surface area contributed by atoms with E-state index < -0.39 is 6.04 Å². The van der Waals surface area contributed by atoms with E-state index in [9.17, 15) is 19.2 Å². The first-order valence-corrected chi connectivity index (χ1v) is 10.6. The fourth-order valence-electron chi connectivity index (χ4n) is 2.94. The zero-order valence-electron chi connectivity index (χ0n) is 19.4. The molecule has 1 aromatic rings. The lowest BCUT2D eigenvalue weighted by molar-refractivity contribution is -0.128. The van der Waals surface area contributed by atoms with Crippen LogP contribution >= 0.6 is 0 Å². The minimum absolute atomic E-state index is 0.0238. The highest BCUT2D eigenvalue weighted by Crippen LogP contribution is 1.99. The maximum absolute atomic E-state index is 12.6. The van der Waals surface area contributed by atoms with Gasteiger partial charge in [-0.3, -0.25) is 24.1 Å². The maximum Gasteiger partial charge on any atom is 0.246 e. The van der Waals surface area contributed by atoms with Crippen molar-refractivity contribution < 1.29 is 28.7 Å². The van der Waals surface area contributed by atoms with Crippen molar-refractivity contribution in [3.05, 3.63) is 18.2 Å². The third-order valence-electron chi connectivity index (χ3n) is 4.45. The van der Waals surface area contributed by atoms with Gasteiger partial charge >= 0.3 is 0 Å². The summed E-state index contributed by atoms with van der Waals surface area (Å²) < 4.78 is 9.57. The second-order valence-electron chi connectivity index (χ2n) is 7.23. The van der Waals surface area contributed by atoms with E-state index in [1.165, 1.54) is 27.5 Å². The van der Waals surface area contributed by atoms with E-state index >= 15 is 0 Å². The molecule has 1 atom stereocenters. The third kappa shape index (κ3) is 13.2. The standard InChI is InChI=1S/C20H35N7O6/c1-15(28)26-17(10-16-11-21-14-25-16)20(31)24-6-9-27(7-4-22-18(29)12-32-2)8-5-23-19(30)13-33-3/h11,14,17H,4-10,12-13H2,1-3H3,(H,21,25)(H,22,29)(H,23,30)(H,24,31)(H,26,28). The van der Waals surface area contributed by atoms with Gasteiger partial charge in [-0.2, -0.15) is 0 Å². The van der Waals surface area contributed by atoms with Gasteiger partial charge in [0, 0.05) is 78.7 Å². The summed E-state index contributed by atoms with van der Waals surface area (Å²) in [6.45, 7) is 3.88. The largest absolute Gasteiger partial charge is 0.375 e. The van der Waals surface area contributed by atoms with Crippen LogP contribution in [0.4, 0.5) is 0 Å². The van der Waals surface area contributed by atoms with Crippen molar-refractivity contribution in [2.75, 3.05) is 66.7 Å². The Morgan fingerprint density at radius 3 is 1.97 bits per heavy atom. The van der Waals surface area contributed by atoms with Crippen molar-refractivity contribution in [2.24, 2.45) is 0 Å². The summed E-state index contributed by atoms with van der Waals surface area (Å²) in [7, 11) is 2.88. The molecule has 0 spiro atoms. The molecular formula is C20H35N7O6. The van der Waals surface area contributed by atoms with Crippen molar-refractivity contribution in [1.82, 2.24) is 36.1 Å². The van der Waals surface area contributed by atoms with Crippen LogP contribution < -0.4 is 21.3 Å². The van der Waals surface area contributed by atoms with Gasteiger partial charge in [-0.15, -0.1) is 0 Å². The van der Waals surface area contributed by atoms with Gasteiger partial charge in [0.2, 0.25) is 23.6 Å². The lowest BCUT2D eigenvalue weighted by Crippen LogP contribution is -2.49. The molecule has 0 bridgehead atoms. The van der Waals surface area contributed by atoms with Crippen LogP contribution in [0, 0.1) is 0 Å². The van der Waals surface area contributed by atoms with Gasteiger partial charge in [-0.1, -0.05) is 0 Å². The van der Waals surface area contributed by atoms with Crippen LogP contribution in [0.25, 0.3) is 0 Å². The molecule has 1 aromatic heterocycles. The molecule has 186 valence electrons. The van der Waals surface area contributed by atoms with Gasteiger partial charge in [0.1, 0.15) is 19.3 Å². The lowest BCUT2D eigenvalue weighted by atomic mass is 10.1. The molecule has 0 fully saturated rings. The minimum atomic E-state index is -0.738. The Hall–Kier alpha value is -3.03. The van der Waals surface area contributed by atoms with E-state index in [0.717, 1.165) is 5.69 Å². The number of nitrogens with one attached hydrogen (secondary N) is 5. The van der Waals surface area contributed by atoms with E-state index in [4.69, 9.17) is 9.47 Å². The number of nitrogens with zero attached hydrogens (tertiary/aromatic N) is 2. The van der Waals surface area contributed by atoms with Crippen LogP contribution in [0.15, 0.2) is 12.5 Å². The number of aromatic nitrogens is 2. The molecule has 1 unspecified atom stereocenters. The number of ether oxygens (including phenoxy) is 2. The minimum Gasteiger partial charge on any atom is -0.375 e. The van der Waals surface area contributed by atoms with E-state index in [2.05, 4.69) is 31.2 Å². The highest BCUT2D eigenvalue weighted by Gasteiger charge is 2.20. The van der Waals surface area contributed by atoms with E-state index in [1.807, 2.05) is 4.90 Å². The summed E-state index contributed by atoms with van der Waals surface area (Å²) >= 11 is 0. The highest BCUT2D eigenvalue weighted by molar-refractivity contribution is 5.87. The number of carbonyl (C=O) groups is 4. The van der Waals surface area contributed by atoms with Crippen LogP contribution in [0.2, 0.25) is 0 Å². The number of hydrogen-bond donors (Lipinski definition) is 5. The summed E-state index contributed by atoms with van der Waals surface area (Å²) in [5.41, 5.74) is 0.726. The van der Waals surface area contributed by atoms with Gasteiger partial charge in [0.25, 0.3) is 0 Å². The second kappa shape index (κ2) is 16.6. The monoisotopic (exact) mass is 469 g/mol. The quantitative estimate of drug-likeness (QED) is 0.166. The molecule has 0 aliphatic rings. The Bertz CT molecular complexity index is 704. The second-order valence-corrected chi connectivity index (χ2v) is 7.23. The Morgan fingerprint density at radius 2 is 1.52 bits per heavy atom. The Morgan fingerprint density at radius 1 is 0.970 bits per heavy atom. The molecule has 4 amide bonds. The number of rotatable bonds is 17. The normalized spacial score (nSPS) is 11.6. The Kier molecular flexibility index (Phi) is 14.1. The lowest BCUT2D eigenvalue weighted by Gasteiger charge is -2.24. The molecule has 13 heteroatoms. The molecule has 0 saturated heterocycles. The molecule has 0 aliphatic carbocycles. The predicted molar refractivity (Wildman–Crippen MR) is 119 cm³/mol. The van der Waals surface area contributed by atoms with Crippen molar-refractivity contribution in [3.63, 3.8) is 0 Å². The topological polar surface area (TPSA) is 167 Å². The Balaban J connectivity index is 2.54. The van der Waals surface area contributed by atoms with Crippen LogP contribution in [0.3, 0.4) is 0 Å². The van der Waals surface area contributed by atoms with Gasteiger partial charge in [-0.25, -0.2) is 4.98 Å². The number of methoxy groups -OCH3 is 2. The average Bonchev–Trinajstić information content (AvgIpc) is 3.26. The number of aromatic amines is 1. The van der Waals surface area contributed by atoms with Crippen LogP contribution in [0.5, 0.6) is 0 Å². The summed E-state index contributed by atoms with van der Waals surface area (Å²) in [5, 5.41) is 10.9. The predicted octanol–water partition coefficient (Wildman–Crippen LogP) is -2.60. The SMILES string of the molecule is COCC(=O)NCCN(CCNC(=O)COC)CCNC(=O)C(Cc1cnc[nH]1)NC(C)=O. The first kappa shape index (κ1) is 28.0. The summed E-state index contributed by atoms with van der Waals surface area (Å²) in [6.07, 6.45) is 3.39. The molecule has 0 radical (unpaired) electrons. The number of imidazole rings is 1. The first-order valence-electron chi connectivity index (χ1n) is 10.6. The number of carbonyl (C=O) groups excluding carboxylic acids is 4. The first-order chi connectivity index (χ1) is 15.8. The maximum atomic E-state index is 12.6. The number of H-pyrrole nitrogens is 1. The van der Waals surface area contributed by atoms with Crippen molar-refractivity contribution in [2.45, 2.75) is 19.4 Å².